The fourth-order valence-electron chi connectivity index (χ4n) is 2.20. The predicted octanol–water partition coefficient (Wildman–Crippen LogP) is 1.17. The van der Waals surface area contributed by atoms with Crippen molar-refractivity contribution >= 4 is 0 Å². The van der Waals surface area contributed by atoms with Crippen molar-refractivity contribution < 1.29 is 10.2 Å². The summed E-state index contributed by atoms with van der Waals surface area (Å²) in [4.78, 5) is 2.14. The van der Waals surface area contributed by atoms with Gasteiger partial charge < -0.3 is 15.1 Å². The third kappa shape index (κ3) is 2.30. The monoisotopic (exact) mass is 207 g/mol. The molecule has 0 bridgehead atoms. The number of rotatable bonds is 1. The SMILES string of the molecule is CN1CC[C@H](c2ccc(O)cc2)[C@@H](O)C1. The molecule has 1 aliphatic rings. The van der Waals surface area contributed by atoms with E-state index < -0.39 is 0 Å². The molecule has 0 spiro atoms. The normalized spacial score (nSPS) is 27.9. The number of aromatic hydroxyl groups is 1. The largest absolute Gasteiger partial charge is 0.508 e. The molecule has 2 N–H and O–H groups in total. The van der Waals surface area contributed by atoms with Gasteiger partial charge in [-0.15, -0.1) is 0 Å². The van der Waals surface area contributed by atoms with Crippen LogP contribution < -0.4 is 0 Å². The van der Waals surface area contributed by atoms with Crippen LogP contribution >= 0.6 is 0 Å². The maximum Gasteiger partial charge on any atom is 0.115 e. The van der Waals surface area contributed by atoms with Crippen LogP contribution in [0.5, 0.6) is 5.75 Å². The van der Waals surface area contributed by atoms with Crippen LogP contribution in [0.25, 0.3) is 0 Å². The van der Waals surface area contributed by atoms with Gasteiger partial charge in [0.05, 0.1) is 6.10 Å². The summed E-state index contributed by atoms with van der Waals surface area (Å²) >= 11 is 0. The first-order valence-corrected chi connectivity index (χ1v) is 5.32. The number of benzene rings is 1. The zero-order chi connectivity index (χ0) is 10.8. The number of aliphatic hydroxyl groups excluding tert-OH is 1. The van der Waals surface area contributed by atoms with E-state index in [1.807, 2.05) is 19.2 Å². The Morgan fingerprint density at radius 1 is 1.27 bits per heavy atom. The van der Waals surface area contributed by atoms with E-state index in [4.69, 9.17) is 0 Å². The lowest BCUT2D eigenvalue weighted by atomic mass is 9.87. The van der Waals surface area contributed by atoms with E-state index in [-0.39, 0.29) is 17.8 Å². The van der Waals surface area contributed by atoms with Crippen LogP contribution in [-0.4, -0.2) is 41.4 Å². The Labute approximate surface area is 90.0 Å². The van der Waals surface area contributed by atoms with Gasteiger partial charge in [-0.05, 0) is 37.7 Å². The number of likely N-dealkylation sites (N-methyl/N-ethyl adjacent to an activating group) is 1. The highest BCUT2D eigenvalue weighted by Crippen LogP contribution is 2.28. The number of phenols is 1. The number of β-amino-alcohol motifs (C(OH)–C–C–N with tert-alkyl or cyclic N) is 1. The third-order valence-corrected chi connectivity index (χ3v) is 3.11. The number of piperidine rings is 1. The highest BCUT2D eigenvalue weighted by Gasteiger charge is 2.26. The molecule has 0 aliphatic carbocycles. The van der Waals surface area contributed by atoms with Crippen molar-refractivity contribution in [1.29, 1.82) is 0 Å². The van der Waals surface area contributed by atoms with Gasteiger partial charge in [0, 0.05) is 12.5 Å². The zero-order valence-corrected chi connectivity index (χ0v) is 8.93. The van der Waals surface area contributed by atoms with Gasteiger partial charge in [-0.25, -0.2) is 0 Å². The van der Waals surface area contributed by atoms with Crippen molar-refractivity contribution in [3.8, 4) is 5.75 Å². The van der Waals surface area contributed by atoms with Gasteiger partial charge in [0.1, 0.15) is 5.75 Å². The molecule has 3 heteroatoms. The Balaban J connectivity index is 2.13. The van der Waals surface area contributed by atoms with Crippen LogP contribution in [0, 0.1) is 0 Å². The summed E-state index contributed by atoms with van der Waals surface area (Å²) in [6.07, 6.45) is 0.677. The molecular formula is C12H17NO2. The Bertz CT molecular complexity index is 323. The predicted molar refractivity (Wildman–Crippen MR) is 59.0 cm³/mol. The van der Waals surface area contributed by atoms with E-state index in [1.165, 1.54) is 0 Å². The number of hydrogen-bond donors (Lipinski definition) is 2. The number of likely N-dealkylation sites (tertiary alicyclic amines) is 1. The average Bonchev–Trinajstić information content (AvgIpc) is 2.20. The minimum atomic E-state index is -0.298. The highest BCUT2D eigenvalue weighted by atomic mass is 16.3. The lowest BCUT2D eigenvalue weighted by Gasteiger charge is -2.33. The second-order valence-electron chi connectivity index (χ2n) is 4.32. The summed E-state index contributed by atoms with van der Waals surface area (Å²) in [5.41, 5.74) is 1.12. The molecule has 0 unspecified atom stereocenters. The molecule has 1 fully saturated rings. The second kappa shape index (κ2) is 4.21. The van der Waals surface area contributed by atoms with Crippen LogP contribution in [0.3, 0.4) is 0 Å². The minimum Gasteiger partial charge on any atom is -0.508 e. The Kier molecular flexibility index (Phi) is 2.93. The lowest BCUT2D eigenvalue weighted by Crippen LogP contribution is -2.40. The van der Waals surface area contributed by atoms with Crippen molar-refractivity contribution in [3.05, 3.63) is 29.8 Å². The van der Waals surface area contributed by atoms with Crippen LogP contribution in [0.1, 0.15) is 17.9 Å². The Morgan fingerprint density at radius 2 is 1.93 bits per heavy atom. The maximum absolute atomic E-state index is 9.96. The van der Waals surface area contributed by atoms with Crippen molar-refractivity contribution in [2.75, 3.05) is 20.1 Å². The average molecular weight is 207 g/mol. The molecule has 2 atom stereocenters. The van der Waals surface area contributed by atoms with Gasteiger partial charge in [-0.3, -0.25) is 0 Å². The first-order valence-electron chi connectivity index (χ1n) is 5.32. The molecule has 0 aromatic heterocycles. The van der Waals surface area contributed by atoms with Crippen molar-refractivity contribution in [2.24, 2.45) is 0 Å². The quantitative estimate of drug-likeness (QED) is 0.726. The summed E-state index contributed by atoms with van der Waals surface area (Å²) in [5.74, 6) is 0.489. The molecular weight excluding hydrogens is 190 g/mol. The van der Waals surface area contributed by atoms with E-state index in [0.717, 1.165) is 25.1 Å². The molecule has 0 saturated carbocycles. The first-order chi connectivity index (χ1) is 7.16. The van der Waals surface area contributed by atoms with Crippen LogP contribution in [0.15, 0.2) is 24.3 Å². The van der Waals surface area contributed by atoms with Gasteiger partial charge in [-0.2, -0.15) is 0 Å². The fraction of sp³-hybridized carbons (Fsp3) is 0.500. The molecule has 82 valence electrons. The van der Waals surface area contributed by atoms with Crippen LogP contribution in [-0.2, 0) is 0 Å². The van der Waals surface area contributed by atoms with Crippen LogP contribution in [0.2, 0.25) is 0 Å². The molecule has 15 heavy (non-hydrogen) atoms. The van der Waals surface area contributed by atoms with E-state index in [1.54, 1.807) is 12.1 Å². The van der Waals surface area contributed by atoms with Gasteiger partial charge in [0.25, 0.3) is 0 Å². The van der Waals surface area contributed by atoms with Crippen molar-refractivity contribution in [1.82, 2.24) is 4.90 Å². The maximum atomic E-state index is 9.96. The Morgan fingerprint density at radius 3 is 2.53 bits per heavy atom. The minimum absolute atomic E-state index is 0.210. The van der Waals surface area contributed by atoms with Crippen molar-refractivity contribution in [2.45, 2.75) is 18.4 Å². The number of aliphatic hydroxyl groups is 1. The highest BCUT2D eigenvalue weighted by molar-refractivity contribution is 5.29. The lowest BCUT2D eigenvalue weighted by molar-refractivity contribution is 0.0638. The zero-order valence-electron chi connectivity index (χ0n) is 8.93. The summed E-state index contributed by atoms with van der Waals surface area (Å²) in [6.45, 7) is 1.74. The van der Waals surface area contributed by atoms with E-state index >= 15 is 0 Å². The van der Waals surface area contributed by atoms with Gasteiger partial charge in [0.15, 0.2) is 0 Å². The van der Waals surface area contributed by atoms with Gasteiger partial charge >= 0.3 is 0 Å². The number of phenolic OH excluding ortho intramolecular Hbond substituents is 1. The molecule has 1 aromatic rings. The van der Waals surface area contributed by atoms with Crippen molar-refractivity contribution in [3.63, 3.8) is 0 Å². The molecule has 1 aromatic carbocycles. The molecule has 1 heterocycles. The first kappa shape index (κ1) is 10.5. The van der Waals surface area contributed by atoms with E-state index in [0.29, 0.717) is 0 Å². The van der Waals surface area contributed by atoms with Crippen LogP contribution in [0.4, 0.5) is 0 Å². The number of nitrogens with zero attached hydrogens (tertiary/aromatic N) is 1. The summed E-state index contributed by atoms with van der Waals surface area (Å²) < 4.78 is 0. The van der Waals surface area contributed by atoms with Gasteiger partial charge in [-0.1, -0.05) is 12.1 Å². The molecule has 1 saturated heterocycles. The molecule has 0 radical (unpaired) electrons. The van der Waals surface area contributed by atoms with Gasteiger partial charge in [0.2, 0.25) is 0 Å². The smallest absolute Gasteiger partial charge is 0.115 e. The molecule has 3 nitrogen and oxygen atoms in total. The topological polar surface area (TPSA) is 43.7 Å². The fourth-order valence-corrected chi connectivity index (χ4v) is 2.20. The summed E-state index contributed by atoms with van der Waals surface area (Å²) in [5, 5.41) is 19.2. The third-order valence-electron chi connectivity index (χ3n) is 3.11. The number of hydrogen-bond acceptors (Lipinski definition) is 3. The second-order valence-corrected chi connectivity index (χ2v) is 4.32. The van der Waals surface area contributed by atoms with E-state index in [9.17, 15) is 10.2 Å². The summed E-state index contributed by atoms with van der Waals surface area (Å²) in [7, 11) is 2.02. The summed E-state index contributed by atoms with van der Waals surface area (Å²) in [6, 6.07) is 7.16. The molecule has 1 aliphatic heterocycles. The van der Waals surface area contributed by atoms with E-state index in [2.05, 4.69) is 4.90 Å². The molecule has 2 rings (SSSR count). The standard InChI is InChI=1S/C12H17NO2/c1-13-7-6-11(12(15)8-13)9-2-4-10(14)5-3-9/h2-5,11-12,14-15H,6-8H2,1H3/t11-,12+/m1/s1. The molecule has 0 amide bonds. The Hall–Kier alpha value is -1.06.